The maximum Gasteiger partial charge on any atom is 0.243 e. The van der Waals surface area contributed by atoms with Crippen molar-refractivity contribution in [1.29, 1.82) is 0 Å². The normalized spacial score (nSPS) is 16.5. The summed E-state index contributed by atoms with van der Waals surface area (Å²) in [4.78, 5) is 7.10. The minimum atomic E-state index is -3.50. The summed E-state index contributed by atoms with van der Waals surface area (Å²) in [5.41, 5.74) is 0.726. The second-order valence-electron chi connectivity index (χ2n) is 6.79. The van der Waals surface area contributed by atoms with Gasteiger partial charge in [0.15, 0.2) is 5.96 Å². The number of hydrogen-bond donors (Lipinski definition) is 2. The molecule has 2 rings (SSSR count). The number of rotatable bonds is 8. The zero-order chi connectivity index (χ0) is 19.7. The lowest BCUT2D eigenvalue weighted by Crippen LogP contribution is -2.47. The molecule has 9 heteroatoms. The number of sulfonamides is 1. The number of aliphatic imine (C=N–C) groups is 1. The molecule has 0 aromatic heterocycles. The Morgan fingerprint density at radius 1 is 1.11 bits per heavy atom. The van der Waals surface area contributed by atoms with Gasteiger partial charge in [0.05, 0.1) is 11.4 Å². The van der Waals surface area contributed by atoms with Gasteiger partial charge in [-0.15, -0.1) is 24.0 Å². The molecule has 0 radical (unpaired) electrons. The highest BCUT2D eigenvalue weighted by atomic mass is 127. The molecule has 1 heterocycles. The molecule has 0 atom stereocenters. The Kier molecular flexibility index (Phi) is 11.3. The van der Waals surface area contributed by atoms with E-state index in [1.54, 1.807) is 16.4 Å². The fourth-order valence-corrected chi connectivity index (χ4v) is 4.58. The van der Waals surface area contributed by atoms with Crippen LogP contribution in [-0.4, -0.2) is 69.9 Å². The molecule has 2 N–H and O–H groups in total. The number of benzene rings is 1. The molecule has 0 bridgehead atoms. The van der Waals surface area contributed by atoms with Gasteiger partial charge in [-0.2, -0.15) is 4.31 Å². The van der Waals surface area contributed by atoms with Crippen LogP contribution in [0.15, 0.2) is 34.2 Å². The number of nitrogens with one attached hydrogen (secondary N) is 2. The van der Waals surface area contributed by atoms with Crippen LogP contribution in [-0.2, 0) is 16.6 Å². The van der Waals surface area contributed by atoms with E-state index in [1.807, 2.05) is 26.1 Å². The maximum atomic E-state index is 13.1. The summed E-state index contributed by atoms with van der Waals surface area (Å²) in [5, 5.41) is 6.50. The van der Waals surface area contributed by atoms with Crippen molar-refractivity contribution in [1.82, 2.24) is 19.8 Å². The fraction of sp³-hybridized carbons (Fsp3) is 0.632. The molecule has 1 aliphatic rings. The number of hydrogen-bond acceptors (Lipinski definition) is 4. The summed E-state index contributed by atoms with van der Waals surface area (Å²) in [6.07, 6.45) is 2.18. The van der Waals surface area contributed by atoms with E-state index in [0.717, 1.165) is 50.5 Å². The largest absolute Gasteiger partial charge is 0.357 e. The summed E-state index contributed by atoms with van der Waals surface area (Å²) < 4.78 is 27.8. The number of halogens is 1. The average Bonchev–Trinajstić information content (AvgIpc) is 2.67. The van der Waals surface area contributed by atoms with Gasteiger partial charge in [-0.1, -0.05) is 31.5 Å². The lowest BCUT2D eigenvalue weighted by Gasteiger charge is -2.32. The van der Waals surface area contributed by atoms with E-state index in [4.69, 9.17) is 0 Å². The lowest BCUT2D eigenvalue weighted by atomic mass is 10.2. The first-order chi connectivity index (χ1) is 13.0. The predicted octanol–water partition coefficient (Wildman–Crippen LogP) is 2.10. The summed E-state index contributed by atoms with van der Waals surface area (Å²) in [5.74, 6) is 0.720. The van der Waals surface area contributed by atoms with Crippen LogP contribution >= 0.6 is 24.0 Å². The monoisotopic (exact) mass is 523 g/mol. The fourth-order valence-electron chi connectivity index (χ4n) is 2.94. The second kappa shape index (κ2) is 12.6. The van der Waals surface area contributed by atoms with Crippen LogP contribution in [0.25, 0.3) is 0 Å². The minimum Gasteiger partial charge on any atom is -0.357 e. The molecule has 0 saturated carbocycles. The van der Waals surface area contributed by atoms with Crippen molar-refractivity contribution in [3.05, 3.63) is 29.8 Å². The van der Waals surface area contributed by atoms with Gasteiger partial charge in [-0.25, -0.2) is 13.4 Å². The zero-order valence-electron chi connectivity index (χ0n) is 17.1. The van der Waals surface area contributed by atoms with Gasteiger partial charge in [-0.3, -0.25) is 0 Å². The van der Waals surface area contributed by atoms with Crippen LogP contribution in [0.2, 0.25) is 0 Å². The van der Waals surface area contributed by atoms with Crippen LogP contribution < -0.4 is 10.6 Å². The summed E-state index contributed by atoms with van der Waals surface area (Å²) in [6, 6.07) is 7.18. The highest BCUT2D eigenvalue weighted by molar-refractivity contribution is 14.0. The molecule has 0 aliphatic carbocycles. The molecule has 1 aromatic carbocycles. The Morgan fingerprint density at radius 3 is 2.43 bits per heavy atom. The highest BCUT2D eigenvalue weighted by Crippen LogP contribution is 2.22. The minimum absolute atomic E-state index is 0. The van der Waals surface area contributed by atoms with Crippen molar-refractivity contribution >= 4 is 40.0 Å². The summed E-state index contributed by atoms with van der Waals surface area (Å²) in [6.45, 7) is 8.66. The van der Waals surface area contributed by atoms with Gasteiger partial charge < -0.3 is 15.5 Å². The first kappa shape index (κ1) is 25.1. The molecule has 1 aliphatic heterocycles. The van der Waals surface area contributed by atoms with Crippen molar-refractivity contribution in [2.24, 2.45) is 4.99 Å². The molecule has 0 unspecified atom stereocenters. The SMILES string of the molecule is CCCCNC(=NCc1ccccc1S(=O)(=O)N1CCN(C)CC1)NCC.I. The molecule has 0 amide bonds. The maximum absolute atomic E-state index is 13.1. The lowest BCUT2D eigenvalue weighted by molar-refractivity contribution is 0.222. The van der Waals surface area contributed by atoms with Crippen molar-refractivity contribution in [3.8, 4) is 0 Å². The van der Waals surface area contributed by atoms with Crippen molar-refractivity contribution < 1.29 is 8.42 Å². The highest BCUT2D eigenvalue weighted by Gasteiger charge is 2.29. The van der Waals surface area contributed by atoms with Crippen LogP contribution in [0, 0.1) is 0 Å². The zero-order valence-corrected chi connectivity index (χ0v) is 20.3. The summed E-state index contributed by atoms with van der Waals surface area (Å²) >= 11 is 0. The van der Waals surface area contributed by atoms with Gasteiger partial charge in [-0.05, 0) is 32.0 Å². The van der Waals surface area contributed by atoms with E-state index in [1.165, 1.54) is 0 Å². The van der Waals surface area contributed by atoms with Gasteiger partial charge in [0.1, 0.15) is 0 Å². The van der Waals surface area contributed by atoms with E-state index >= 15 is 0 Å². The predicted molar refractivity (Wildman–Crippen MR) is 126 cm³/mol. The third-order valence-corrected chi connectivity index (χ3v) is 6.63. The van der Waals surface area contributed by atoms with Crippen LogP contribution in [0.3, 0.4) is 0 Å². The van der Waals surface area contributed by atoms with E-state index in [9.17, 15) is 8.42 Å². The van der Waals surface area contributed by atoms with Gasteiger partial charge in [0.2, 0.25) is 10.0 Å². The number of piperazine rings is 1. The molecular formula is C19H34IN5O2S. The Morgan fingerprint density at radius 2 is 1.79 bits per heavy atom. The Labute approximate surface area is 187 Å². The Hall–Kier alpha value is -0.910. The molecule has 1 fully saturated rings. The molecule has 1 aromatic rings. The van der Waals surface area contributed by atoms with Gasteiger partial charge in [0.25, 0.3) is 0 Å². The Bertz CT molecular complexity index is 719. The summed E-state index contributed by atoms with van der Waals surface area (Å²) in [7, 11) is -1.49. The number of guanidine groups is 1. The third kappa shape index (κ3) is 7.16. The number of unbranched alkanes of at least 4 members (excludes halogenated alkanes) is 1. The van der Waals surface area contributed by atoms with E-state index in [2.05, 4.69) is 27.4 Å². The Balaban J connectivity index is 0.00000392. The quantitative estimate of drug-likeness (QED) is 0.236. The third-order valence-electron chi connectivity index (χ3n) is 4.63. The molecule has 160 valence electrons. The molecule has 28 heavy (non-hydrogen) atoms. The topological polar surface area (TPSA) is 77.0 Å². The van der Waals surface area contributed by atoms with E-state index < -0.39 is 10.0 Å². The van der Waals surface area contributed by atoms with Crippen molar-refractivity contribution in [2.45, 2.75) is 38.1 Å². The van der Waals surface area contributed by atoms with E-state index in [0.29, 0.717) is 24.5 Å². The second-order valence-corrected chi connectivity index (χ2v) is 8.70. The van der Waals surface area contributed by atoms with Crippen LogP contribution in [0.1, 0.15) is 32.3 Å². The smallest absolute Gasteiger partial charge is 0.243 e. The van der Waals surface area contributed by atoms with Gasteiger partial charge >= 0.3 is 0 Å². The number of nitrogens with zero attached hydrogens (tertiary/aromatic N) is 3. The standard InChI is InChI=1S/C19H33N5O2S.HI/c1-4-6-11-21-19(20-5-2)22-16-17-9-7-8-10-18(17)27(25,26)24-14-12-23(3)13-15-24;/h7-10H,4-6,11-16H2,1-3H3,(H2,20,21,22);1H. The molecule has 1 saturated heterocycles. The molecule has 0 spiro atoms. The van der Waals surface area contributed by atoms with Crippen molar-refractivity contribution in [3.63, 3.8) is 0 Å². The van der Waals surface area contributed by atoms with Crippen LogP contribution in [0.4, 0.5) is 0 Å². The van der Waals surface area contributed by atoms with Gasteiger partial charge in [0, 0.05) is 39.3 Å². The first-order valence-corrected chi connectivity index (χ1v) is 11.2. The van der Waals surface area contributed by atoms with Crippen LogP contribution in [0.5, 0.6) is 0 Å². The number of likely N-dealkylation sites (N-methyl/N-ethyl adjacent to an activating group) is 1. The molecule has 7 nitrogen and oxygen atoms in total. The average molecular weight is 523 g/mol. The first-order valence-electron chi connectivity index (χ1n) is 9.77. The van der Waals surface area contributed by atoms with E-state index in [-0.39, 0.29) is 24.0 Å². The van der Waals surface area contributed by atoms with Crippen molar-refractivity contribution in [2.75, 3.05) is 46.3 Å². The molecular weight excluding hydrogens is 489 g/mol.